The number of alkyl halides is 1. The highest BCUT2D eigenvalue weighted by molar-refractivity contribution is 9.11. The molecule has 0 saturated carbocycles. The number of halogens is 4. The van der Waals surface area contributed by atoms with E-state index in [4.69, 9.17) is 21.4 Å². The number of carbonyl (C=O) groups is 1. The molecule has 0 aliphatic carbocycles. The van der Waals surface area contributed by atoms with Crippen molar-refractivity contribution in [1.29, 1.82) is 0 Å². The Balaban J connectivity index is 2.12. The van der Waals surface area contributed by atoms with E-state index in [1.807, 2.05) is 36.4 Å². The summed E-state index contributed by atoms with van der Waals surface area (Å²) in [7, 11) is 0. The minimum atomic E-state index is -1.03. The van der Waals surface area contributed by atoms with Crippen molar-refractivity contribution in [2.24, 2.45) is 0 Å². The molecule has 1 atom stereocenters. The lowest BCUT2D eigenvalue weighted by Crippen LogP contribution is -2.16. The molecule has 0 spiro atoms. The Labute approximate surface area is 164 Å². The van der Waals surface area contributed by atoms with Crippen molar-refractivity contribution >= 4 is 65.4 Å². The van der Waals surface area contributed by atoms with E-state index in [0.29, 0.717) is 12.4 Å². The summed E-state index contributed by atoms with van der Waals surface area (Å²) in [4.78, 5) is 10.8. The molecule has 0 amide bonds. The quantitative estimate of drug-likeness (QED) is 0.484. The van der Waals surface area contributed by atoms with Crippen molar-refractivity contribution < 1.29 is 14.6 Å². The number of carboxylic acids is 1. The maximum Gasteiger partial charge on any atom is 0.321 e. The summed E-state index contributed by atoms with van der Waals surface area (Å²) in [6.07, 6.45) is 0.236. The second kappa shape index (κ2) is 8.51. The van der Waals surface area contributed by atoms with E-state index in [-0.39, 0.29) is 6.42 Å². The van der Waals surface area contributed by atoms with Gasteiger partial charge in [-0.05, 0) is 73.7 Å². The summed E-state index contributed by atoms with van der Waals surface area (Å²) in [5, 5.41) is 7.93. The Kier molecular flexibility index (Phi) is 6.95. The van der Waals surface area contributed by atoms with E-state index in [0.717, 1.165) is 24.5 Å². The Morgan fingerprint density at radius 3 is 2.35 bits per heavy atom. The van der Waals surface area contributed by atoms with Crippen molar-refractivity contribution in [3.63, 3.8) is 0 Å². The second-order valence-electron chi connectivity index (χ2n) is 4.82. The predicted molar refractivity (Wildman–Crippen MR) is 101 cm³/mol. The lowest BCUT2D eigenvalue weighted by Gasteiger charge is -2.13. The van der Waals surface area contributed by atoms with E-state index in [1.54, 1.807) is 0 Å². The third kappa shape index (κ3) is 5.48. The van der Waals surface area contributed by atoms with Gasteiger partial charge in [0.25, 0.3) is 0 Å². The monoisotopic (exact) mass is 524 g/mol. The van der Waals surface area contributed by atoms with E-state index in [2.05, 4.69) is 47.8 Å². The molecule has 7 heteroatoms. The Bertz CT molecular complexity index is 698. The predicted octanol–water partition coefficient (Wildman–Crippen LogP) is 5.79. The zero-order valence-corrected chi connectivity index (χ0v) is 17.2. The summed E-state index contributed by atoms with van der Waals surface area (Å²) in [6, 6.07) is 11.5. The van der Waals surface area contributed by atoms with Gasteiger partial charge in [0.2, 0.25) is 0 Å². The number of carboxylic acid groups (broad SMARTS) is 1. The van der Waals surface area contributed by atoms with Crippen LogP contribution in [0.3, 0.4) is 0 Å². The fourth-order valence-corrected chi connectivity index (χ4v) is 4.08. The highest BCUT2D eigenvalue weighted by Crippen LogP contribution is 2.36. The number of benzene rings is 2. The van der Waals surface area contributed by atoms with Crippen LogP contribution in [0.25, 0.3) is 0 Å². The third-order valence-corrected chi connectivity index (χ3v) is 5.03. The number of hydrogen-bond donors (Lipinski definition) is 1. The van der Waals surface area contributed by atoms with Gasteiger partial charge in [-0.1, -0.05) is 28.1 Å². The molecule has 0 aliphatic rings. The summed E-state index contributed by atoms with van der Waals surface area (Å²) in [6.45, 7) is 0.420. The fourth-order valence-electron chi connectivity index (χ4n) is 1.94. The molecule has 0 bridgehead atoms. The van der Waals surface area contributed by atoms with Gasteiger partial charge in [-0.15, -0.1) is 11.6 Å². The molecule has 0 aromatic heterocycles. The second-order valence-corrected chi connectivity index (χ2v) is 7.97. The van der Waals surface area contributed by atoms with Crippen LogP contribution in [0.15, 0.2) is 49.8 Å². The topological polar surface area (TPSA) is 46.5 Å². The van der Waals surface area contributed by atoms with Crippen molar-refractivity contribution in [2.45, 2.75) is 18.4 Å². The molecule has 1 N–H and O–H groups in total. The average Bonchev–Trinajstić information content (AvgIpc) is 2.46. The molecule has 3 nitrogen and oxygen atoms in total. The fraction of sp³-hybridized carbons (Fsp3) is 0.188. The molecule has 0 heterocycles. The van der Waals surface area contributed by atoms with Crippen molar-refractivity contribution in [2.75, 3.05) is 0 Å². The Morgan fingerprint density at radius 2 is 1.78 bits per heavy atom. The first-order valence-electron chi connectivity index (χ1n) is 6.59. The first-order valence-corrected chi connectivity index (χ1v) is 9.40. The Morgan fingerprint density at radius 1 is 1.13 bits per heavy atom. The number of hydrogen-bond acceptors (Lipinski definition) is 2. The maximum absolute atomic E-state index is 10.8. The molecule has 2 aromatic carbocycles. The van der Waals surface area contributed by atoms with E-state index in [1.165, 1.54) is 0 Å². The molecule has 1 unspecified atom stereocenters. The van der Waals surface area contributed by atoms with Crippen LogP contribution in [0.1, 0.15) is 11.1 Å². The highest BCUT2D eigenvalue weighted by Gasteiger charge is 2.17. The Hall–Kier alpha value is -0.560. The molecule has 2 aromatic rings. The van der Waals surface area contributed by atoms with Crippen LogP contribution in [0, 0.1) is 0 Å². The van der Waals surface area contributed by atoms with Crippen LogP contribution in [0.5, 0.6) is 5.75 Å². The molecule has 2 rings (SSSR count). The number of ether oxygens (including phenoxy) is 1. The third-order valence-electron chi connectivity index (χ3n) is 3.01. The van der Waals surface area contributed by atoms with E-state index >= 15 is 0 Å². The van der Waals surface area contributed by atoms with Crippen LogP contribution in [-0.2, 0) is 17.8 Å². The number of rotatable bonds is 6. The van der Waals surface area contributed by atoms with Crippen LogP contribution in [-0.4, -0.2) is 16.5 Å². The average molecular weight is 527 g/mol. The first kappa shape index (κ1) is 18.8. The summed E-state index contributed by atoms with van der Waals surface area (Å²) < 4.78 is 8.33. The van der Waals surface area contributed by atoms with Crippen molar-refractivity contribution in [3.05, 3.63) is 60.9 Å². The van der Waals surface area contributed by atoms with Gasteiger partial charge in [-0.25, -0.2) is 0 Å². The van der Waals surface area contributed by atoms with Gasteiger partial charge in [0.05, 0.1) is 8.95 Å². The SMILES string of the molecule is O=C(O)C(Cl)Cc1cc(Br)c(OCc2cccc(Br)c2)c(Br)c1. The smallest absolute Gasteiger partial charge is 0.321 e. The molecule has 0 saturated heterocycles. The van der Waals surface area contributed by atoms with Crippen LogP contribution < -0.4 is 4.74 Å². The highest BCUT2D eigenvalue weighted by atomic mass is 79.9. The van der Waals surface area contributed by atoms with E-state index < -0.39 is 11.3 Å². The summed E-state index contributed by atoms with van der Waals surface area (Å²) in [5.41, 5.74) is 1.84. The summed E-state index contributed by atoms with van der Waals surface area (Å²) >= 11 is 16.1. The van der Waals surface area contributed by atoms with Gasteiger partial charge in [-0.2, -0.15) is 0 Å². The molecule has 0 fully saturated rings. The largest absolute Gasteiger partial charge is 0.487 e. The minimum Gasteiger partial charge on any atom is -0.487 e. The zero-order chi connectivity index (χ0) is 17.0. The minimum absolute atomic E-state index is 0.236. The number of aliphatic carboxylic acids is 1. The lowest BCUT2D eigenvalue weighted by molar-refractivity contribution is -0.136. The van der Waals surface area contributed by atoms with Crippen molar-refractivity contribution in [3.8, 4) is 5.75 Å². The van der Waals surface area contributed by atoms with Crippen LogP contribution in [0.2, 0.25) is 0 Å². The standard InChI is InChI=1S/C16H12Br3ClO3/c17-11-3-1-2-9(4-11)8-23-15-12(18)5-10(6-13(15)19)7-14(20)16(21)22/h1-6,14H,7-8H2,(H,21,22). The maximum atomic E-state index is 10.8. The zero-order valence-electron chi connectivity index (χ0n) is 11.7. The lowest BCUT2D eigenvalue weighted by atomic mass is 10.1. The molecule has 0 aliphatic heterocycles. The van der Waals surface area contributed by atoms with Gasteiger partial charge in [0.1, 0.15) is 17.7 Å². The van der Waals surface area contributed by atoms with Gasteiger partial charge >= 0.3 is 5.97 Å². The molecule has 122 valence electrons. The normalized spacial score (nSPS) is 12.0. The molecule has 0 radical (unpaired) electrons. The van der Waals surface area contributed by atoms with Crippen LogP contribution in [0.4, 0.5) is 0 Å². The first-order chi connectivity index (χ1) is 10.9. The van der Waals surface area contributed by atoms with Gasteiger partial charge in [-0.3, -0.25) is 4.79 Å². The van der Waals surface area contributed by atoms with Crippen molar-refractivity contribution in [1.82, 2.24) is 0 Å². The summed E-state index contributed by atoms with van der Waals surface area (Å²) in [5.74, 6) is -0.371. The van der Waals surface area contributed by atoms with E-state index in [9.17, 15) is 4.79 Å². The van der Waals surface area contributed by atoms with Gasteiger partial charge < -0.3 is 9.84 Å². The van der Waals surface area contributed by atoms with Crippen LogP contribution >= 0.6 is 59.4 Å². The molecular weight excluding hydrogens is 515 g/mol. The molecular formula is C16H12Br3ClO3. The van der Waals surface area contributed by atoms with Gasteiger partial charge in [0.15, 0.2) is 0 Å². The van der Waals surface area contributed by atoms with Gasteiger partial charge in [0, 0.05) is 4.47 Å². The molecule has 23 heavy (non-hydrogen) atoms.